The lowest BCUT2D eigenvalue weighted by Crippen LogP contribution is -2.36. The van der Waals surface area contributed by atoms with Crippen LogP contribution in [0.25, 0.3) is 11.1 Å². The normalized spacial score (nSPS) is 12.6. The number of anilines is 2. The van der Waals surface area contributed by atoms with Gasteiger partial charge in [0.25, 0.3) is 0 Å². The average molecular weight is 587 g/mol. The Bertz CT molecular complexity index is 1360. The highest BCUT2D eigenvalue weighted by atomic mass is 16.5. The highest BCUT2D eigenvalue weighted by Gasteiger charge is 2.29. The van der Waals surface area contributed by atoms with E-state index in [1.807, 2.05) is 24.3 Å². The van der Waals surface area contributed by atoms with E-state index in [1.165, 1.54) is 0 Å². The van der Waals surface area contributed by atoms with E-state index in [0.29, 0.717) is 36.3 Å². The number of nitrogens with two attached hydrogens (primary N) is 2. The Balaban J connectivity index is 1.47. The van der Waals surface area contributed by atoms with Gasteiger partial charge in [-0.05, 0) is 60.2 Å². The molecular formula is C34H42N4O5. The first-order valence-electron chi connectivity index (χ1n) is 15.1. The van der Waals surface area contributed by atoms with Crippen molar-refractivity contribution in [2.24, 2.45) is 11.5 Å². The Morgan fingerprint density at radius 2 is 1.47 bits per heavy atom. The van der Waals surface area contributed by atoms with Crippen LogP contribution in [0.15, 0.2) is 66.7 Å². The first-order chi connectivity index (χ1) is 20.9. The Morgan fingerprint density at radius 3 is 2.12 bits per heavy atom. The fourth-order valence-electron chi connectivity index (χ4n) is 5.33. The van der Waals surface area contributed by atoms with Crippen molar-refractivity contribution in [1.82, 2.24) is 0 Å². The first kappa shape index (κ1) is 31.7. The topological polar surface area (TPSA) is 146 Å². The van der Waals surface area contributed by atoms with Gasteiger partial charge in [0.05, 0.1) is 11.7 Å². The molecular weight excluding hydrogens is 544 g/mol. The van der Waals surface area contributed by atoms with Crippen LogP contribution in [0.4, 0.5) is 16.2 Å². The summed E-state index contributed by atoms with van der Waals surface area (Å²) in [6, 6.07) is 20.6. The molecule has 4 rings (SSSR count). The van der Waals surface area contributed by atoms with E-state index in [9.17, 15) is 14.4 Å². The number of hydrogen-bond acceptors (Lipinski definition) is 7. The molecule has 3 aromatic carbocycles. The van der Waals surface area contributed by atoms with E-state index in [0.717, 1.165) is 54.4 Å². The molecule has 43 heavy (non-hydrogen) atoms. The molecule has 9 nitrogen and oxygen atoms in total. The van der Waals surface area contributed by atoms with Crippen molar-refractivity contribution in [3.05, 3.63) is 83.4 Å². The van der Waals surface area contributed by atoms with Gasteiger partial charge in [0.2, 0.25) is 5.91 Å². The minimum atomic E-state index is -0.727. The number of rotatable bonds is 15. The summed E-state index contributed by atoms with van der Waals surface area (Å²) < 4.78 is 11.3. The predicted octanol–water partition coefficient (Wildman–Crippen LogP) is 6.07. The summed E-state index contributed by atoms with van der Waals surface area (Å²) >= 11 is 0. The number of hydrogen-bond donors (Lipinski definition) is 4. The molecule has 1 aliphatic rings. The Kier molecular flexibility index (Phi) is 11.7. The zero-order valence-electron chi connectivity index (χ0n) is 24.8. The summed E-state index contributed by atoms with van der Waals surface area (Å²) in [6.07, 6.45) is 4.29. The molecule has 2 amide bonds. The number of benzene rings is 3. The molecule has 1 aliphatic carbocycles. The van der Waals surface area contributed by atoms with Crippen LogP contribution in [-0.4, -0.2) is 37.2 Å². The standard InChI is InChI=1S/C34H42N4O5/c1-2-3-4-19-32(39)42-22-28-30(37-33(40)29(36)16-9-10-20-35)17-11-18-31(28)38-34(41)43-21-27-25-14-7-5-12-23(25)24-13-6-8-15-26(24)27/h5-8,11-15,17-18,27,29H,2-4,9-10,16,19-22,35-36H2,1H3,(H,37,40)(H,38,41)/t29-/m0/s1. The fraction of sp³-hybridized carbons (Fsp3) is 0.382. The lowest BCUT2D eigenvalue weighted by Gasteiger charge is -2.19. The number of unbranched alkanes of at least 4 members (excludes halogenated alkanes) is 3. The van der Waals surface area contributed by atoms with E-state index < -0.39 is 12.1 Å². The van der Waals surface area contributed by atoms with Crippen LogP contribution in [0, 0.1) is 0 Å². The highest BCUT2D eigenvalue weighted by molar-refractivity contribution is 5.97. The molecule has 0 heterocycles. The van der Waals surface area contributed by atoms with Crippen LogP contribution in [0.3, 0.4) is 0 Å². The maximum atomic E-state index is 13.1. The van der Waals surface area contributed by atoms with E-state index in [4.69, 9.17) is 20.9 Å². The summed E-state index contributed by atoms with van der Waals surface area (Å²) in [6.45, 7) is 2.61. The van der Waals surface area contributed by atoms with Crippen molar-refractivity contribution in [3.8, 4) is 11.1 Å². The summed E-state index contributed by atoms with van der Waals surface area (Å²) in [4.78, 5) is 38.4. The lowest BCUT2D eigenvalue weighted by atomic mass is 9.98. The van der Waals surface area contributed by atoms with E-state index >= 15 is 0 Å². The lowest BCUT2D eigenvalue weighted by molar-refractivity contribution is -0.145. The third-order valence-electron chi connectivity index (χ3n) is 7.68. The van der Waals surface area contributed by atoms with Gasteiger partial charge in [-0.2, -0.15) is 0 Å². The summed E-state index contributed by atoms with van der Waals surface area (Å²) in [5.41, 5.74) is 17.4. The third kappa shape index (κ3) is 8.43. The summed E-state index contributed by atoms with van der Waals surface area (Å²) in [5.74, 6) is -0.806. The van der Waals surface area contributed by atoms with Crippen molar-refractivity contribution < 1.29 is 23.9 Å². The second kappa shape index (κ2) is 15.9. The van der Waals surface area contributed by atoms with Crippen LogP contribution in [0.5, 0.6) is 0 Å². The third-order valence-corrected chi connectivity index (χ3v) is 7.68. The molecule has 0 fully saturated rings. The van der Waals surface area contributed by atoms with Crippen molar-refractivity contribution in [2.45, 2.75) is 70.4 Å². The summed E-state index contributed by atoms with van der Waals surface area (Å²) in [7, 11) is 0. The molecule has 228 valence electrons. The van der Waals surface area contributed by atoms with Gasteiger partial charge in [-0.3, -0.25) is 14.9 Å². The van der Waals surface area contributed by atoms with Crippen molar-refractivity contribution in [3.63, 3.8) is 0 Å². The molecule has 3 aromatic rings. The van der Waals surface area contributed by atoms with Crippen LogP contribution in [-0.2, 0) is 25.7 Å². The SMILES string of the molecule is CCCCCC(=O)OCc1c(NC(=O)OCC2c3ccccc3-c3ccccc32)cccc1NC(=O)[C@@H](N)CCCCN. The van der Waals surface area contributed by atoms with Crippen LogP contribution < -0.4 is 22.1 Å². The number of carbonyl (C=O) groups excluding carboxylic acids is 3. The molecule has 0 unspecified atom stereocenters. The molecule has 0 spiro atoms. The van der Waals surface area contributed by atoms with Gasteiger partial charge in [0.1, 0.15) is 13.2 Å². The molecule has 0 aliphatic heterocycles. The largest absolute Gasteiger partial charge is 0.461 e. The number of nitrogens with one attached hydrogen (secondary N) is 2. The molecule has 0 aromatic heterocycles. The molecule has 0 radical (unpaired) electrons. The Morgan fingerprint density at radius 1 is 0.814 bits per heavy atom. The van der Waals surface area contributed by atoms with E-state index in [-0.39, 0.29) is 31.0 Å². The molecule has 0 saturated heterocycles. The van der Waals surface area contributed by atoms with Crippen LogP contribution in [0.1, 0.15) is 74.5 Å². The van der Waals surface area contributed by atoms with Crippen molar-refractivity contribution in [2.75, 3.05) is 23.8 Å². The molecule has 0 saturated carbocycles. The second-order valence-electron chi connectivity index (χ2n) is 10.8. The minimum absolute atomic E-state index is 0.0897. The van der Waals surface area contributed by atoms with Gasteiger partial charge >= 0.3 is 12.1 Å². The second-order valence-corrected chi connectivity index (χ2v) is 10.8. The smallest absolute Gasteiger partial charge is 0.411 e. The van der Waals surface area contributed by atoms with Crippen LogP contribution in [0.2, 0.25) is 0 Å². The molecule has 1 atom stereocenters. The van der Waals surface area contributed by atoms with Gasteiger partial charge in [-0.1, -0.05) is 80.8 Å². The zero-order chi connectivity index (χ0) is 30.6. The number of carbonyl (C=O) groups is 3. The maximum Gasteiger partial charge on any atom is 0.411 e. The van der Waals surface area contributed by atoms with Crippen molar-refractivity contribution >= 4 is 29.3 Å². The minimum Gasteiger partial charge on any atom is -0.461 e. The first-order valence-corrected chi connectivity index (χ1v) is 15.1. The van der Waals surface area contributed by atoms with E-state index in [1.54, 1.807) is 18.2 Å². The van der Waals surface area contributed by atoms with Gasteiger partial charge in [0.15, 0.2) is 0 Å². The average Bonchev–Trinajstić information content (AvgIpc) is 3.33. The predicted molar refractivity (Wildman–Crippen MR) is 169 cm³/mol. The van der Waals surface area contributed by atoms with E-state index in [2.05, 4.69) is 41.8 Å². The highest BCUT2D eigenvalue weighted by Crippen LogP contribution is 2.44. The number of amides is 2. The fourth-order valence-corrected chi connectivity index (χ4v) is 5.33. The molecule has 0 bridgehead atoms. The number of ether oxygens (including phenoxy) is 2. The zero-order valence-corrected chi connectivity index (χ0v) is 24.8. The summed E-state index contributed by atoms with van der Waals surface area (Å²) in [5, 5.41) is 5.64. The van der Waals surface area contributed by atoms with Crippen LogP contribution >= 0.6 is 0 Å². The monoisotopic (exact) mass is 586 g/mol. The maximum absolute atomic E-state index is 13.1. The van der Waals surface area contributed by atoms with Gasteiger partial charge in [-0.25, -0.2) is 4.79 Å². The Hall–Kier alpha value is -4.21. The van der Waals surface area contributed by atoms with Gasteiger partial charge in [-0.15, -0.1) is 0 Å². The van der Waals surface area contributed by atoms with Gasteiger partial charge < -0.3 is 26.3 Å². The quantitative estimate of drug-likeness (QED) is 0.125. The number of fused-ring (bicyclic) bond motifs is 3. The molecule has 6 N–H and O–H groups in total. The number of esters is 1. The van der Waals surface area contributed by atoms with Gasteiger partial charge in [0, 0.05) is 23.6 Å². The molecule has 9 heteroatoms. The Labute approximate surface area is 253 Å². The van der Waals surface area contributed by atoms with Crippen molar-refractivity contribution in [1.29, 1.82) is 0 Å².